The lowest BCUT2D eigenvalue weighted by Crippen LogP contribution is -2.41. The third-order valence-electron chi connectivity index (χ3n) is 3.83. The molecule has 96 valence electrons. The summed E-state index contributed by atoms with van der Waals surface area (Å²) >= 11 is 0. The molecule has 0 unspecified atom stereocenters. The highest BCUT2D eigenvalue weighted by molar-refractivity contribution is 5.94. The highest BCUT2D eigenvalue weighted by Gasteiger charge is 2.36. The van der Waals surface area contributed by atoms with Gasteiger partial charge < -0.3 is 14.6 Å². The van der Waals surface area contributed by atoms with Crippen LogP contribution in [0, 0.1) is 5.92 Å². The second kappa shape index (κ2) is 4.57. The van der Waals surface area contributed by atoms with Crippen LogP contribution in [0.15, 0.2) is 27.6 Å². The summed E-state index contributed by atoms with van der Waals surface area (Å²) < 4.78 is 4.74. The maximum absolute atomic E-state index is 12.2. The molecule has 2 atom stereocenters. The lowest BCUT2D eigenvalue weighted by Gasteiger charge is -2.24. The number of hydrogen-bond donors (Lipinski definition) is 1. The van der Waals surface area contributed by atoms with Crippen molar-refractivity contribution in [1.82, 2.24) is 10.2 Å². The van der Waals surface area contributed by atoms with Crippen LogP contribution in [0.2, 0.25) is 0 Å². The van der Waals surface area contributed by atoms with Crippen molar-refractivity contribution < 1.29 is 9.21 Å². The third-order valence-corrected chi connectivity index (χ3v) is 3.83. The van der Waals surface area contributed by atoms with Gasteiger partial charge in [0, 0.05) is 25.2 Å². The van der Waals surface area contributed by atoms with Gasteiger partial charge in [-0.3, -0.25) is 4.79 Å². The summed E-state index contributed by atoms with van der Waals surface area (Å²) in [5.41, 5.74) is 0.0246. The van der Waals surface area contributed by atoms with Crippen molar-refractivity contribution in [2.24, 2.45) is 5.92 Å². The van der Waals surface area contributed by atoms with E-state index in [0.29, 0.717) is 17.5 Å². The summed E-state index contributed by atoms with van der Waals surface area (Å²) in [4.78, 5) is 25.0. The first-order chi connectivity index (χ1) is 8.74. The largest absolute Gasteiger partial charge is 0.430 e. The van der Waals surface area contributed by atoms with E-state index >= 15 is 0 Å². The van der Waals surface area contributed by atoms with Gasteiger partial charge in [-0.2, -0.15) is 0 Å². The minimum atomic E-state index is -0.427. The molecule has 1 aromatic heterocycles. The maximum Gasteiger partial charge on any atom is 0.335 e. The van der Waals surface area contributed by atoms with Gasteiger partial charge in [0.05, 0.1) is 5.56 Å². The van der Waals surface area contributed by atoms with Crippen molar-refractivity contribution in [3.63, 3.8) is 0 Å². The highest BCUT2D eigenvalue weighted by Crippen LogP contribution is 2.25. The van der Waals surface area contributed by atoms with Gasteiger partial charge in [-0.05, 0) is 31.4 Å². The van der Waals surface area contributed by atoms with Crippen LogP contribution in [0.25, 0.3) is 0 Å². The van der Waals surface area contributed by atoms with Gasteiger partial charge in [0.15, 0.2) is 0 Å². The Bertz CT molecular complexity index is 477. The Hall–Kier alpha value is -1.62. The quantitative estimate of drug-likeness (QED) is 0.784. The highest BCUT2D eigenvalue weighted by atomic mass is 16.4. The summed E-state index contributed by atoms with van der Waals surface area (Å²) in [6, 6.07) is 3.25. The molecule has 0 bridgehead atoms. The topological polar surface area (TPSA) is 62.6 Å². The summed E-state index contributed by atoms with van der Waals surface area (Å²) in [5, 5.41) is 3.46. The number of carbonyl (C=O) groups is 1. The lowest BCUT2D eigenvalue weighted by molar-refractivity contribution is 0.0783. The number of carbonyl (C=O) groups excluding carboxylic acids is 1. The van der Waals surface area contributed by atoms with Gasteiger partial charge in [0.1, 0.15) is 6.26 Å². The normalized spacial score (nSPS) is 27.0. The molecular weight excluding hydrogens is 232 g/mol. The number of piperidine rings is 1. The van der Waals surface area contributed by atoms with Crippen molar-refractivity contribution in [3.8, 4) is 0 Å². The van der Waals surface area contributed by atoms with E-state index in [1.54, 1.807) is 0 Å². The van der Waals surface area contributed by atoms with Crippen LogP contribution in [0.5, 0.6) is 0 Å². The van der Waals surface area contributed by atoms with Crippen LogP contribution in [0.3, 0.4) is 0 Å². The Morgan fingerprint density at radius 3 is 3.00 bits per heavy atom. The zero-order valence-corrected chi connectivity index (χ0v) is 10.1. The molecule has 2 fully saturated rings. The summed E-state index contributed by atoms with van der Waals surface area (Å²) in [6.45, 7) is 2.60. The molecule has 0 aliphatic carbocycles. The summed E-state index contributed by atoms with van der Waals surface area (Å²) in [5.74, 6) is 0.522. The molecule has 0 aromatic carbocycles. The van der Waals surface area contributed by atoms with Crippen LogP contribution in [-0.4, -0.2) is 36.5 Å². The second-order valence-electron chi connectivity index (χ2n) is 5.02. The molecular formula is C13H16N2O3. The molecule has 1 amide bonds. The number of likely N-dealkylation sites (tertiary alicyclic amines) is 1. The zero-order valence-electron chi connectivity index (χ0n) is 10.1. The van der Waals surface area contributed by atoms with Gasteiger partial charge in [0.25, 0.3) is 5.91 Å². The van der Waals surface area contributed by atoms with E-state index in [2.05, 4.69) is 5.32 Å². The number of rotatable bonds is 1. The van der Waals surface area contributed by atoms with E-state index in [4.69, 9.17) is 4.42 Å². The van der Waals surface area contributed by atoms with Crippen molar-refractivity contribution >= 4 is 5.91 Å². The van der Waals surface area contributed by atoms with Crippen molar-refractivity contribution in [2.75, 3.05) is 19.6 Å². The molecule has 5 nitrogen and oxygen atoms in total. The van der Waals surface area contributed by atoms with Crippen molar-refractivity contribution in [3.05, 3.63) is 34.4 Å². The predicted molar refractivity (Wildman–Crippen MR) is 65.4 cm³/mol. The molecule has 0 radical (unpaired) electrons. The second-order valence-corrected chi connectivity index (χ2v) is 5.02. The monoisotopic (exact) mass is 248 g/mol. The molecule has 2 aliphatic rings. The standard InChI is InChI=1S/C13H16N2O3/c16-12-4-3-10(8-18-12)13(17)15-6-9-2-1-5-14-11(9)7-15/h3-4,8-9,11,14H,1-2,5-7H2/t9-,11+/m0/s1. The predicted octanol–water partition coefficient (Wildman–Crippen LogP) is 0.464. The number of fused-ring (bicyclic) bond motifs is 1. The Kier molecular flexibility index (Phi) is 2.91. The van der Waals surface area contributed by atoms with Crippen LogP contribution in [0.1, 0.15) is 23.2 Å². The molecule has 1 N–H and O–H groups in total. The average Bonchev–Trinajstić information content (AvgIpc) is 2.82. The zero-order chi connectivity index (χ0) is 12.5. The average molecular weight is 248 g/mol. The van der Waals surface area contributed by atoms with Crippen LogP contribution < -0.4 is 10.9 Å². The van der Waals surface area contributed by atoms with Crippen LogP contribution >= 0.6 is 0 Å². The first kappa shape index (κ1) is 11.5. The molecule has 3 rings (SSSR count). The fourth-order valence-corrected chi connectivity index (χ4v) is 2.87. The minimum absolute atomic E-state index is 0.0463. The molecule has 0 saturated carbocycles. The van der Waals surface area contributed by atoms with E-state index in [1.165, 1.54) is 31.2 Å². The SMILES string of the molecule is O=C(c1ccc(=O)oc1)N1C[C@@H]2CCCN[C@@H]2C1. The van der Waals surface area contributed by atoms with Gasteiger partial charge in [0.2, 0.25) is 0 Å². The van der Waals surface area contributed by atoms with Crippen LogP contribution in [0.4, 0.5) is 0 Å². The Morgan fingerprint density at radius 2 is 2.28 bits per heavy atom. The van der Waals surface area contributed by atoms with Crippen molar-refractivity contribution in [2.45, 2.75) is 18.9 Å². The maximum atomic E-state index is 12.2. The van der Waals surface area contributed by atoms with Gasteiger partial charge in [-0.1, -0.05) is 0 Å². The van der Waals surface area contributed by atoms with E-state index in [-0.39, 0.29) is 5.91 Å². The number of nitrogens with one attached hydrogen (secondary N) is 1. The first-order valence-electron chi connectivity index (χ1n) is 6.35. The van der Waals surface area contributed by atoms with E-state index in [0.717, 1.165) is 19.6 Å². The molecule has 2 saturated heterocycles. The van der Waals surface area contributed by atoms with E-state index < -0.39 is 5.63 Å². The molecule has 3 heterocycles. The van der Waals surface area contributed by atoms with E-state index in [9.17, 15) is 9.59 Å². The molecule has 5 heteroatoms. The lowest BCUT2D eigenvalue weighted by atomic mass is 9.94. The Labute approximate surface area is 105 Å². The molecule has 1 aromatic rings. The minimum Gasteiger partial charge on any atom is -0.430 e. The van der Waals surface area contributed by atoms with Gasteiger partial charge in [-0.15, -0.1) is 0 Å². The number of nitrogens with zero attached hydrogens (tertiary/aromatic N) is 1. The summed E-state index contributed by atoms with van der Waals surface area (Å²) in [6.07, 6.45) is 3.62. The number of amides is 1. The smallest absolute Gasteiger partial charge is 0.335 e. The Morgan fingerprint density at radius 1 is 1.39 bits per heavy atom. The van der Waals surface area contributed by atoms with Crippen molar-refractivity contribution in [1.29, 1.82) is 0 Å². The molecule has 0 spiro atoms. The fourth-order valence-electron chi connectivity index (χ4n) is 2.87. The first-order valence-corrected chi connectivity index (χ1v) is 6.35. The van der Waals surface area contributed by atoms with E-state index in [1.807, 2.05) is 4.90 Å². The van der Waals surface area contributed by atoms with Gasteiger partial charge >= 0.3 is 5.63 Å². The van der Waals surface area contributed by atoms with Crippen LogP contribution in [-0.2, 0) is 0 Å². The fraction of sp³-hybridized carbons (Fsp3) is 0.538. The Balaban J connectivity index is 1.74. The summed E-state index contributed by atoms with van der Waals surface area (Å²) in [7, 11) is 0. The number of hydrogen-bond acceptors (Lipinski definition) is 4. The van der Waals surface area contributed by atoms with Gasteiger partial charge in [-0.25, -0.2) is 4.79 Å². The molecule has 2 aliphatic heterocycles. The third kappa shape index (κ3) is 2.06. The molecule has 18 heavy (non-hydrogen) atoms.